The molecule has 1 amide bonds. The molecule has 9 heteroatoms. The first-order chi connectivity index (χ1) is 14.2. The van der Waals surface area contributed by atoms with Crippen molar-refractivity contribution in [2.24, 2.45) is 0 Å². The van der Waals surface area contributed by atoms with E-state index in [1.807, 2.05) is 24.3 Å². The number of fused-ring (bicyclic) bond motifs is 1. The quantitative estimate of drug-likeness (QED) is 0.519. The minimum Gasteiger partial charge on any atom is -0.383 e. The van der Waals surface area contributed by atoms with Crippen LogP contribution in [0.15, 0.2) is 54.7 Å². The van der Waals surface area contributed by atoms with E-state index in [-0.39, 0.29) is 12.3 Å². The van der Waals surface area contributed by atoms with E-state index < -0.39 is 10.0 Å². The molecule has 0 fully saturated rings. The zero-order chi connectivity index (χ0) is 21.7. The van der Waals surface area contributed by atoms with Gasteiger partial charge in [-0.15, -0.1) is 0 Å². The highest BCUT2D eigenvalue weighted by atomic mass is 35.5. The van der Waals surface area contributed by atoms with Crippen LogP contribution in [-0.2, 0) is 21.2 Å². The summed E-state index contributed by atoms with van der Waals surface area (Å²) in [5, 5.41) is 7.78. The molecular weight excluding hydrogens is 424 g/mol. The highest BCUT2D eigenvalue weighted by Gasteiger charge is 2.12. The summed E-state index contributed by atoms with van der Waals surface area (Å²) >= 11 is 6.01. The van der Waals surface area contributed by atoms with Gasteiger partial charge in [0.25, 0.3) is 0 Å². The number of nitrogens with zero attached hydrogens (tertiary/aromatic N) is 2. The van der Waals surface area contributed by atoms with Crippen LogP contribution >= 0.6 is 11.6 Å². The van der Waals surface area contributed by atoms with Gasteiger partial charge in [-0.1, -0.05) is 23.7 Å². The normalized spacial score (nSPS) is 11.3. The van der Waals surface area contributed by atoms with Gasteiger partial charge in [0.2, 0.25) is 15.9 Å². The van der Waals surface area contributed by atoms with E-state index >= 15 is 0 Å². The van der Waals surface area contributed by atoms with Crippen molar-refractivity contribution in [1.82, 2.24) is 10.3 Å². The van der Waals surface area contributed by atoms with Crippen LogP contribution in [0, 0.1) is 0 Å². The summed E-state index contributed by atoms with van der Waals surface area (Å²) in [5.74, 6) is -0.104. The molecule has 2 aromatic carbocycles. The molecule has 2 N–H and O–H groups in total. The predicted octanol–water partition coefficient (Wildman–Crippen LogP) is 3.05. The first-order valence-corrected chi connectivity index (χ1v) is 11.5. The van der Waals surface area contributed by atoms with Gasteiger partial charge in [0.15, 0.2) is 0 Å². The number of aromatic nitrogens is 1. The topological polar surface area (TPSA) is 91.4 Å². The minimum absolute atomic E-state index is 0.104. The van der Waals surface area contributed by atoms with Crippen LogP contribution < -0.4 is 14.9 Å². The van der Waals surface area contributed by atoms with E-state index in [1.165, 1.54) is 11.4 Å². The fourth-order valence-electron chi connectivity index (χ4n) is 2.94. The molecule has 0 aliphatic rings. The van der Waals surface area contributed by atoms with E-state index in [4.69, 9.17) is 11.6 Å². The molecule has 0 spiro atoms. The molecule has 30 heavy (non-hydrogen) atoms. The number of hydrogen-bond acceptors (Lipinski definition) is 5. The molecule has 0 aliphatic carbocycles. The lowest BCUT2D eigenvalue weighted by atomic mass is 10.1. The van der Waals surface area contributed by atoms with Crippen molar-refractivity contribution in [3.05, 3.63) is 65.3 Å². The zero-order valence-corrected chi connectivity index (χ0v) is 18.3. The van der Waals surface area contributed by atoms with E-state index in [0.29, 0.717) is 23.8 Å². The number of pyridine rings is 1. The second-order valence-electron chi connectivity index (χ2n) is 6.87. The third kappa shape index (κ3) is 5.61. The third-order valence-electron chi connectivity index (χ3n) is 4.63. The maximum Gasteiger partial charge on any atom is 0.231 e. The van der Waals surface area contributed by atoms with Crippen molar-refractivity contribution in [2.45, 2.75) is 6.42 Å². The first kappa shape index (κ1) is 21.9. The molecule has 3 aromatic rings. The highest BCUT2D eigenvalue weighted by Crippen LogP contribution is 2.24. The van der Waals surface area contributed by atoms with Crippen molar-refractivity contribution >= 4 is 49.8 Å². The van der Waals surface area contributed by atoms with Crippen molar-refractivity contribution in [3.8, 4) is 0 Å². The maximum atomic E-state index is 12.2. The third-order valence-corrected chi connectivity index (χ3v) is 6.07. The van der Waals surface area contributed by atoms with Gasteiger partial charge >= 0.3 is 0 Å². The van der Waals surface area contributed by atoms with E-state index in [2.05, 4.69) is 15.6 Å². The molecular formula is C21H23ClN4O3S. The van der Waals surface area contributed by atoms with Gasteiger partial charge in [-0.05, 0) is 42.0 Å². The standard InChI is InChI=1S/C21H23ClN4O3S/c1-26(30(2,28)29)17-6-3-15(4-7-17)13-21(27)25-12-11-24-19-9-10-23-20-14-16(22)5-8-18(19)20/h3-10,14H,11-13H2,1-2H3,(H,23,24)(H,25,27). The van der Waals surface area contributed by atoms with Gasteiger partial charge in [-0.2, -0.15) is 0 Å². The highest BCUT2D eigenvalue weighted by molar-refractivity contribution is 7.92. The summed E-state index contributed by atoms with van der Waals surface area (Å²) in [6, 6.07) is 14.3. The second kappa shape index (κ2) is 9.32. The van der Waals surface area contributed by atoms with Crippen molar-refractivity contribution in [3.63, 3.8) is 0 Å². The molecule has 0 radical (unpaired) electrons. The van der Waals surface area contributed by atoms with Crippen LogP contribution in [-0.4, -0.2) is 45.7 Å². The number of carbonyl (C=O) groups excluding carboxylic acids is 1. The Labute approximate surface area is 181 Å². The van der Waals surface area contributed by atoms with E-state index in [9.17, 15) is 13.2 Å². The Balaban J connectivity index is 1.49. The summed E-state index contributed by atoms with van der Waals surface area (Å²) in [6.45, 7) is 1.02. The van der Waals surface area contributed by atoms with Gasteiger partial charge in [-0.3, -0.25) is 14.1 Å². The Morgan fingerprint density at radius 2 is 1.83 bits per heavy atom. The van der Waals surface area contributed by atoms with Crippen LogP contribution in [0.5, 0.6) is 0 Å². The summed E-state index contributed by atoms with van der Waals surface area (Å²) in [4.78, 5) is 16.5. The van der Waals surface area contributed by atoms with Crippen molar-refractivity contribution < 1.29 is 13.2 Å². The van der Waals surface area contributed by atoms with Crippen molar-refractivity contribution in [2.75, 3.05) is 36.0 Å². The first-order valence-electron chi connectivity index (χ1n) is 9.32. The maximum absolute atomic E-state index is 12.2. The molecule has 158 valence electrons. The average molecular weight is 447 g/mol. The van der Waals surface area contributed by atoms with E-state index in [1.54, 1.807) is 30.5 Å². The number of rotatable bonds is 8. The monoisotopic (exact) mass is 446 g/mol. The molecule has 0 bridgehead atoms. The molecule has 0 atom stereocenters. The van der Waals surface area contributed by atoms with Gasteiger partial charge in [0.1, 0.15) is 0 Å². The van der Waals surface area contributed by atoms with Gasteiger partial charge in [0.05, 0.1) is 23.9 Å². The van der Waals surface area contributed by atoms with Gasteiger partial charge in [-0.25, -0.2) is 8.42 Å². The molecule has 0 saturated heterocycles. The van der Waals surface area contributed by atoms with Crippen molar-refractivity contribution in [1.29, 1.82) is 0 Å². The van der Waals surface area contributed by atoms with E-state index in [0.717, 1.165) is 28.4 Å². The number of amides is 1. The minimum atomic E-state index is -3.31. The number of nitrogens with one attached hydrogen (secondary N) is 2. The smallest absolute Gasteiger partial charge is 0.231 e. The average Bonchev–Trinajstić information content (AvgIpc) is 2.70. The number of sulfonamides is 1. The van der Waals surface area contributed by atoms with Crippen LogP contribution in [0.25, 0.3) is 10.9 Å². The molecule has 0 aliphatic heterocycles. The zero-order valence-electron chi connectivity index (χ0n) is 16.7. The lowest BCUT2D eigenvalue weighted by molar-refractivity contribution is -0.120. The van der Waals surface area contributed by atoms with Gasteiger partial charge < -0.3 is 10.6 Å². The second-order valence-corrected chi connectivity index (χ2v) is 9.32. The Morgan fingerprint density at radius 1 is 1.10 bits per heavy atom. The molecule has 0 unspecified atom stereocenters. The Morgan fingerprint density at radius 3 is 2.53 bits per heavy atom. The van der Waals surface area contributed by atoms with Crippen LogP contribution in [0.2, 0.25) is 5.02 Å². The Kier molecular flexibility index (Phi) is 6.79. The largest absolute Gasteiger partial charge is 0.383 e. The summed E-state index contributed by atoms with van der Waals surface area (Å²) in [7, 11) is -1.82. The lowest BCUT2D eigenvalue weighted by Crippen LogP contribution is -2.30. The molecule has 1 aromatic heterocycles. The number of hydrogen-bond donors (Lipinski definition) is 2. The molecule has 0 saturated carbocycles. The number of anilines is 2. The molecule has 1 heterocycles. The Hall–Kier alpha value is -2.84. The fourth-order valence-corrected chi connectivity index (χ4v) is 3.61. The van der Waals surface area contributed by atoms with Crippen LogP contribution in [0.3, 0.4) is 0 Å². The number of halogens is 1. The van der Waals surface area contributed by atoms with Crippen LogP contribution in [0.4, 0.5) is 11.4 Å². The molecule has 7 nitrogen and oxygen atoms in total. The summed E-state index contributed by atoms with van der Waals surface area (Å²) in [6.07, 6.45) is 3.08. The lowest BCUT2D eigenvalue weighted by Gasteiger charge is -2.16. The van der Waals surface area contributed by atoms with Crippen LogP contribution in [0.1, 0.15) is 5.56 Å². The number of carbonyl (C=O) groups is 1. The molecule has 3 rings (SSSR count). The Bertz CT molecular complexity index is 1150. The summed E-state index contributed by atoms with van der Waals surface area (Å²) < 4.78 is 24.3. The predicted molar refractivity (Wildman–Crippen MR) is 122 cm³/mol. The van der Waals surface area contributed by atoms with Gasteiger partial charge in [0, 0.05) is 42.4 Å². The SMILES string of the molecule is CN(c1ccc(CC(=O)NCCNc2ccnc3cc(Cl)ccc23)cc1)S(C)(=O)=O. The summed E-state index contributed by atoms with van der Waals surface area (Å²) in [5.41, 5.74) is 3.10. The fraction of sp³-hybridized carbons (Fsp3) is 0.238. The number of benzene rings is 2.